The van der Waals surface area contributed by atoms with Crippen molar-refractivity contribution in [3.8, 4) is 0 Å². The highest BCUT2D eigenvalue weighted by molar-refractivity contribution is 7.92. The van der Waals surface area contributed by atoms with Crippen molar-refractivity contribution in [2.75, 3.05) is 11.3 Å². The predicted molar refractivity (Wildman–Crippen MR) is 108 cm³/mol. The van der Waals surface area contributed by atoms with Gasteiger partial charge in [0, 0.05) is 31.3 Å². The van der Waals surface area contributed by atoms with Crippen LogP contribution in [0.4, 0.5) is 5.69 Å². The summed E-state index contributed by atoms with van der Waals surface area (Å²) >= 11 is 5.04. The Morgan fingerprint density at radius 3 is 2.43 bits per heavy atom. The van der Waals surface area contributed by atoms with Crippen molar-refractivity contribution in [3.05, 3.63) is 70.8 Å². The largest absolute Gasteiger partial charge is 0.352 e. The SMILES string of the molecule is Cn1c(CCNC(=O)c2ccc(S(=O)(=O)Nc3ccccc3)cc2)n[nH]c1=S. The summed E-state index contributed by atoms with van der Waals surface area (Å²) in [5.74, 6) is 0.440. The molecule has 1 aromatic heterocycles. The van der Waals surface area contributed by atoms with E-state index in [1.807, 2.05) is 0 Å². The van der Waals surface area contributed by atoms with Gasteiger partial charge in [-0.2, -0.15) is 5.10 Å². The number of anilines is 1. The van der Waals surface area contributed by atoms with Gasteiger partial charge >= 0.3 is 0 Å². The van der Waals surface area contributed by atoms with Crippen molar-refractivity contribution in [2.24, 2.45) is 7.05 Å². The van der Waals surface area contributed by atoms with Crippen LogP contribution in [0.5, 0.6) is 0 Å². The average molecular weight is 418 g/mol. The molecule has 3 rings (SSSR count). The van der Waals surface area contributed by atoms with E-state index in [1.165, 1.54) is 24.3 Å². The van der Waals surface area contributed by atoms with E-state index < -0.39 is 10.0 Å². The van der Waals surface area contributed by atoms with Crippen molar-refractivity contribution < 1.29 is 13.2 Å². The van der Waals surface area contributed by atoms with E-state index in [2.05, 4.69) is 20.2 Å². The maximum absolute atomic E-state index is 12.4. The van der Waals surface area contributed by atoms with Gasteiger partial charge in [-0.15, -0.1) is 0 Å². The number of amides is 1. The maximum Gasteiger partial charge on any atom is 0.261 e. The van der Waals surface area contributed by atoms with Gasteiger partial charge in [-0.3, -0.25) is 14.6 Å². The van der Waals surface area contributed by atoms with Crippen molar-refractivity contribution in [3.63, 3.8) is 0 Å². The first-order valence-electron chi connectivity index (χ1n) is 8.43. The van der Waals surface area contributed by atoms with Gasteiger partial charge in [0.05, 0.1) is 4.90 Å². The summed E-state index contributed by atoms with van der Waals surface area (Å²) in [7, 11) is -1.92. The number of para-hydroxylation sites is 1. The van der Waals surface area contributed by atoms with Crippen LogP contribution in [0.3, 0.4) is 0 Å². The van der Waals surface area contributed by atoms with Crippen LogP contribution in [0.25, 0.3) is 0 Å². The number of aromatic nitrogens is 3. The Morgan fingerprint density at radius 1 is 1.14 bits per heavy atom. The van der Waals surface area contributed by atoms with E-state index >= 15 is 0 Å². The van der Waals surface area contributed by atoms with E-state index in [0.717, 1.165) is 5.82 Å². The number of carbonyl (C=O) groups is 1. The number of hydrogen-bond acceptors (Lipinski definition) is 5. The molecule has 0 aliphatic rings. The Morgan fingerprint density at radius 2 is 1.82 bits per heavy atom. The average Bonchev–Trinajstić information content (AvgIpc) is 3.01. The number of nitrogens with one attached hydrogen (secondary N) is 3. The number of rotatable bonds is 7. The van der Waals surface area contributed by atoms with Gasteiger partial charge in [-0.1, -0.05) is 18.2 Å². The molecule has 146 valence electrons. The van der Waals surface area contributed by atoms with Crippen LogP contribution in [-0.2, 0) is 23.5 Å². The van der Waals surface area contributed by atoms with Crippen LogP contribution in [0, 0.1) is 4.77 Å². The minimum Gasteiger partial charge on any atom is -0.352 e. The fourth-order valence-corrected chi connectivity index (χ4v) is 3.71. The molecule has 28 heavy (non-hydrogen) atoms. The summed E-state index contributed by atoms with van der Waals surface area (Å²) in [6.07, 6.45) is 0.517. The molecule has 0 unspecified atom stereocenters. The molecule has 1 amide bonds. The van der Waals surface area contributed by atoms with Crippen LogP contribution in [0.2, 0.25) is 0 Å². The second-order valence-electron chi connectivity index (χ2n) is 6.01. The van der Waals surface area contributed by atoms with Gasteiger partial charge in [0.15, 0.2) is 4.77 Å². The van der Waals surface area contributed by atoms with Crippen LogP contribution in [0.1, 0.15) is 16.2 Å². The Kier molecular flexibility index (Phi) is 5.90. The molecular formula is C18H19N5O3S2. The molecule has 8 nitrogen and oxygen atoms in total. The number of carbonyl (C=O) groups excluding carboxylic acids is 1. The number of aromatic amines is 1. The first-order valence-corrected chi connectivity index (χ1v) is 10.3. The van der Waals surface area contributed by atoms with Gasteiger partial charge < -0.3 is 9.88 Å². The summed E-state index contributed by atoms with van der Waals surface area (Å²) < 4.78 is 29.6. The van der Waals surface area contributed by atoms with Gasteiger partial charge in [-0.05, 0) is 48.6 Å². The van der Waals surface area contributed by atoms with Gasteiger partial charge in [-0.25, -0.2) is 8.42 Å². The number of H-pyrrole nitrogens is 1. The Hall–Kier alpha value is -2.98. The van der Waals surface area contributed by atoms with Crippen molar-refractivity contribution in [1.82, 2.24) is 20.1 Å². The zero-order valence-corrected chi connectivity index (χ0v) is 16.7. The molecule has 1 heterocycles. The molecule has 2 aromatic carbocycles. The Balaban J connectivity index is 1.60. The van der Waals surface area contributed by atoms with E-state index in [1.54, 1.807) is 41.9 Å². The lowest BCUT2D eigenvalue weighted by molar-refractivity contribution is 0.0954. The maximum atomic E-state index is 12.4. The number of benzene rings is 2. The van der Waals surface area contributed by atoms with Gasteiger partial charge in [0.1, 0.15) is 5.82 Å². The Labute approximate surface area is 167 Å². The minimum atomic E-state index is -3.72. The summed E-state index contributed by atoms with van der Waals surface area (Å²) in [4.78, 5) is 12.3. The molecule has 0 aliphatic carbocycles. The summed E-state index contributed by atoms with van der Waals surface area (Å²) in [5.41, 5.74) is 0.840. The molecule has 3 aromatic rings. The van der Waals surface area contributed by atoms with Crippen LogP contribution >= 0.6 is 12.2 Å². The van der Waals surface area contributed by atoms with Crippen molar-refractivity contribution >= 4 is 33.8 Å². The number of nitrogens with zero attached hydrogens (tertiary/aromatic N) is 2. The molecule has 3 N–H and O–H groups in total. The van der Waals surface area contributed by atoms with Crippen LogP contribution in [0.15, 0.2) is 59.5 Å². The summed E-state index contributed by atoms with van der Waals surface area (Å²) in [6.45, 7) is 0.377. The van der Waals surface area contributed by atoms with E-state index in [4.69, 9.17) is 12.2 Å². The molecule has 0 saturated carbocycles. The standard InChI is InChI=1S/C18H19N5O3S2/c1-23-16(20-21-18(23)27)11-12-19-17(24)13-7-9-15(10-8-13)28(25,26)22-14-5-3-2-4-6-14/h2-10,22H,11-12H2,1H3,(H,19,24)(H,21,27). The first-order chi connectivity index (χ1) is 13.4. The lowest BCUT2D eigenvalue weighted by Crippen LogP contribution is -2.26. The van der Waals surface area contributed by atoms with E-state index in [0.29, 0.717) is 29.0 Å². The topological polar surface area (TPSA) is 109 Å². The molecule has 0 atom stereocenters. The van der Waals surface area contributed by atoms with E-state index in [-0.39, 0.29) is 10.8 Å². The van der Waals surface area contributed by atoms with Crippen LogP contribution in [-0.4, -0.2) is 35.6 Å². The van der Waals surface area contributed by atoms with E-state index in [9.17, 15) is 13.2 Å². The van der Waals surface area contributed by atoms with Gasteiger partial charge in [0.25, 0.3) is 15.9 Å². The third-order valence-electron chi connectivity index (χ3n) is 4.06. The molecule has 10 heteroatoms. The molecular weight excluding hydrogens is 398 g/mol. The highest BCUT2D eigenvalue weighted by Gasteiger charge is 2.15. The zero-order chi connectivity index (χ0) is 20.1. The molecule has 0 saturated heterocycles. The third kappa shape index (κ3) is 4.65. The summed E-state index contributed by atoms with van der Waals surface area (Å²) in [6, 6.07) is 14.4. The fraction of sp³-hybridized carbons (Fsp3) is 0.167. The monoisotopic (exact) mass is 417 g/mol. The molecule has 0 radical (unpaired) electrons. The van der Waals surface area contributed by atoms with Crippen molar-refractivity contribution in [1.29, 1.82) is 0 Å². The first kappa shape index (κ1) is 19.8. The van der Waals surface area contributed by atoms with Gasteiger partial charge in [0.2, 0.25) is 0 Å². The molecule has 0 bridgehead atoms. The molecule has 0 aliphatic heterocycles. The minimum absolute atomic E-state index is 0.0782. The van der Waals surface area contributed by atoms with Crippen molar-refractivity contribution in [2.45, 2.75) is 11.3 Å². The lowest BCUT2D eigenvalue weighted by atomic mass is 10.2. The third-order valence-corrected chi connectivity index (χ3v) is 5.82. The lowest BCUT2D eigenvalue weighted by Gasteiger charge is -2.09. The second kappa shape index (κ2) is 8.36. The molecule has 0 spiro atoms. The highest BCUT2D eigenvalue weighted by atomic mass is 32.2. The molecule has 0 fully saturated rings. The predicted octanol–water partition coefficient (Wildman–Crippen LogP) is 2.25. The fourth-order valence-electron chi connectivity index (χ4n) is 2.50. The summed E-state index contributed by atoms with van der Waals surface area (Å²) in [5, 5.41) is 9.54. The quantitative estimate of drug-likeness (QED) is 0.511. The highest BCUT2D eigenvalue weighted by Crippen LogP contribution is 2.16. The smallest absolute Gasteiger partial charge is 0.261 e. The number of hydrogen-bond donors (Lipinski definition) is 3. The second-order valence-corrected chi connectivity index (χ2v) is 8.07. The number of sulfonamides is 1. The normalized spacial score (nSPS) is 11.2. The zero-order valence-electron chi connectivity index (χ0n) is 15.0. The van der Waals surface area contributed by atoms with Crippen LogP contribution < -0.4 is 10.0 Å². The Bertz CT molecular complexity index is 1120.